The monoisotopic (exact) mass is 250 g/mol. The molecule has 2 heteroatoms. The van der Waals surface area contributed by atoms with Crippen LogP contribution in [0.1, 0.15) is 24.0 Å². The Morgan fingerprint density at radius 1 is 0.632 bits per heavy atom. The lowest BCUT2D eigenvalue weighted by Crippen LogP contribution is -2.24. The molecule has 0 radical (unpaired) electrons. The summed E-state index contributed by atoms with van der Waals surface area (Å²) in [5, 5.41) is 0. The third-order valence-corrected chi connectivity index (χ3v) is 3.89. The quantitative estimate of drug-likeness (QED) is 0.768. The van der Waals surface area contributed by atoms with Gasteiger partial charge in [0.1, 0.15) is 0 Å². The number of Topliss-reactive ketones (excluding diaryl/α,β-unsaturated/α-hetero) is 2. The van der Waals surface area contributed by atoms with Crippen molar-refractivity contribution in [2.75, 3.05) is 0 Å². The van der Waals surface area contributed by atoms with Gasteiger partial charge in [-0.05, 0) is 11.1 Å². The molecule has 1 aliphatic carbocycles. The molecule has 0 heterocycles. The molecule has 1 aliphatic rings. The second-order valence-electron chi connectivity index (χ2n) is 5.01. The molecule has 2 aromatic rings. The molecule has 0 atom stereocenters. The lowest BCUT2D eigenvalue weighted by Gasteiger charge is -2.28. The maximum atomic E-state index is 11.8. The molecule has 0 N–H and O–H groups in total. The lowest BCUT2D eigenvalue weighted by molar-refractivity contribution is -0.134. The normalized spacial score (nSPS) is 17.7. The number of ketones is 2. The van der Waals surface area contributed by atoms with Gasteiger partial charge in [-0.2, -0.15) is 0 Å². The third kappa shape index (κ3) is 1.89. The van der Waals surface area contributed by atoms with E-state index in [0.717, 1.165) is 11.1 Å². The minimum Gasteiger partial charge on any atom is -0.291 e. The predicted molar refractivity (Wildman–Crippen MR) is 72.9 cm³/mol. The van der Waals surface area contributed by atoms with Gasteiger partial charge in [0.05, 0.1) is 0 Å². The molecule has 3 rings (SSSR count). The Kier molecular flexibility index (Phi) is 2.79. The SMILES string of the molecule is O=C1CC(c2ccccc2)(c2ccccc2)CC1=O. The smallest absolute Gasteiger partial charge is 0.199 e. The van der Waals surface area contributed by atoms with Crippen molar-refractivity contribution in [2.45, 2.75) is 18.3 Å². The van der Waals surface area contributed by atoms with Crippen molar-refractivity contribution in [3.05, 3.63) is 71.8 Å². The maximum Gasteiger partial charge on any atom is 0.199 e. The van der Waals surface area contributed by atoms with Crippen molar-refractivity contribution in [2.24, 2.45) is 0 Å². The zero-order valence-electron chi connectivity index (χ0n) is 10.5. The highest BCUT2D eigenvalue weighted by Gasteiger charge is 2.46. The average Bonchev–Trinajstić information content (AvgIpc) is 2.78. The van der Waals surface area contributed by atoms with Crippen LogP contribution in [0.4, 0.5) is 0 Å². The van der Waals surface area contributed by atoms with Gasteiger partial charge in [-0.25, -0.2) is 0 Å². The summed E-state index contributed by atoms with van der Waals surface area (Å²) >= 11 is 0. The van der Waals surface area contributed by atoms with Gasteiger partial charge in [0.25, 0.3) is 0 Å². The van der Waals surface area contributed by atoms with Crippen LogP contribution in [0.2, 0.25) is 0 Å². The zero-order chi connectivity index (χ0) is 13.3. The summed E-state index contributed by atoms with van der Waals surface area (Å²) in [7, 11) is 0. The highest BCUT2D eigenvalue weighted by molar-refractivity contribution is 6.40. The van der Waals surface area contributed by atoms with Gasteiger partial charge in [0, 0.05) is 18.3 Å². The van der Waals surface area contributed by atoms with Crippen LogP contribution in [-0.4, -0.2) is 11.6 Å². The standard InChI is InChI=1S/C17H14O2/c18-15-11-17(12-16(15)19,13-7-3-1-4-8-13)14-9-5-2-6-10-14/h1-10H,11-12H2. The number of hydrogen-bond donors (Lipinski definition) is 0. The zero-order valence-corrected chi connectivity index (χ0v) is 10.5. The fourth-order valence-corrected chi connectivity index (χ4v) is 2.90. The first-order chi connectivity index (χ1) is 9.22. The molecule has 2 aromatic carbocycles. The van der Waals surface area contributed by atoms with Gasteiger partial charge in [0.15, 0.2) is 11.6 Å². The number of rotatable bonds is 2. The van der Waals surface area contributed by atoms with Crippen molar-refractivity contribution >= 4 is 11.6 Å². The van der Waals surface area contributed by atoms with E-state index in [9.17, 15) is 9.59 Å². The summed E-state index contributed by atoms with van der Waals surface area (Å²) in [5.41, 5.74) is 1.61. The van der Waals surface area contributed by atoms with E-state index < -0.39 is 5.41 Å². The van der Waals surface area contributed by atoms with Crippen LogP contribution in [0, 0.1) is 0 Å². The van der Waals surface area contributed by atoms with Crippen molar-refractivity contribution in [3.8, 4) is 0 Å². The van der Waals surface area contributed by atoms with Gasteiger partial charge >= 0.3 is 0 Å². The van der Waals surface area contributed by atoms with E-state index in [-0.39, 0.29) is 24.4 Å². The first-order valence-corrected chi connectivity index (χ1v) is 6.39. The Hall–Kier alpha value is -2.22. The summed E-state index contributed by atoms with van der Waals surface area (Å²) in [6.45, 7) is 0. The summed E-state index contributed by atoms with van der Waals surface area (Å²) in [5.74, 6) is -0.514. The van der Waals surface area contributed by atoms with Gasteiger partial charge in [-0.3, -0.25) is 9.59 Å². The molecule has 0 amide bonds. The minimum atomic E-state index is -0.476. The van der Waals surface area contributed by atoms with E-state index in [2.05, 4.69) is 0 Å². The predicted octanol–water partition coefficient (Wildman–Crippen LogP) is 2.90. The van der Waals surface area contributed by atoms with E-state index in [1.54, 1.807) is 0 Å². The lowest BCUT2D eigenvalue weighted by atomic mass is 9.73. The molecular weight excluding hydrogens is 236 g/mol. The molecule has 0 aromatic heterocycles. The molecule has 0 bridgehead atoms. The number of carbonyl (C=O) groups is 2. The first kappa shape index (κ1) is 11.8. The molecule has 1 saturated carbocycles. The second kappa shape index (κ2) is 4.47. The summed E-state index contributed by atoms with van der Waals surface area (Å²) in [4.78, 5) is 23.6. The molecule has 0 unspecified atom stereocenters. The van der Waals surface area contributed by atoms with Crippen LogP contribution in [-0.2, 0) is 15.0 Å². The molecule has 1 fully saturated rings. The molecule has 0 aliphatic heterocycles. The van der Waals surface area contributed by atoms with E-state index in [4.69, 9.17) is 0 Å². The fraction of sp³-hybridized carbons (Fsp3) is 0.176. The van der Waals surface area contributed by atoms with Gasteiger partial charge in [-0.1, -0.05) is 60.7 Å². The van der Waals surface area contributed by atoms with Crippen LogP contribution in [0.15, 0.2) is 60.7 Å². The number of hydrogen-bond acceptors (Lipinski definition) is 2. The molecule has 94 valence electrons. The van der Waals surface area contributed by atoms with E-state index in [1.807, 2.05) is 60.7 Å². The Morgan fingerprint density at radius 3 is 1.37 bits per heavy atom. The first-order valence-electron chi connectivity index (χ1n) is 6.39. The molecule has 19 heavy (non-hydrogen) atoms. The third-order valence-electron chi connectivity index (χ3n) is 3.89. The van der Waals surface area contributed by atoms with Crippen molar-refractivity contribution < 1.29 is 9.59 Å². The van der Waals surface area contributed by atoms with Crippen molar-refractivity contribution in [3.63, 3.8) is 0 Å². The van der Waals surface area contributed by atoms with E-state index in [0.29, 0.717) is 0 Å². The topological polar surface area (TPSA) is 34.1 Å². The van der Waals surface area contributed by atoms with Crippen LogP contribution in [0.3, 0.4) is 0 Å². The average molecular weight is 250 g/mol. The minimum absolute atomic E-state index is 0.257. The summed E-state index contributed by atoms with van der Waals surface area (Å²) in [6.07, 6.45) is 0.555. The Bertz CT molecular complexity index is 557. The van der Waals surface area contributed by atoms with Crippen LogP contribution < -0.4 is 0 Å². The fourth-order valence-electron chi connectivity index (χ4n) is 2.90. The Balaban J connectivity index is 2.18. The summed E-state index contributed by atoms with van der Waals surface area (Å²) in [6, 6.07) is 19.7. The highest BCUT2D eigenvalue weighted by Crippen LogP contribution is 2.43. The van der Waals surface area contributed by atoms with Gasteiger partial charge in [-0.15, -0.1) is 0 Å². The van der Waals surface area contributed by atoms with E-state index >= 15 is 0 Å². The van der Waals surface area contributed by atoms with Gasteiger partial charge in [0.2, 0.25) is 0 Å². The second-order valence-corrected chi connectivity index (χ2v) is 5.01. The summed E-state index contributed by atoms with van der Waals surface area (Å²) < 4.78 is 0. The number of carbonyl (C=O) groups excluding carboxylic acids is 2. The maximum absolute atomic E-state index is 11.8. The van der Waals surface area contributed by atoms with Crippen molar-refractivity contribution in [1.29, 1.82) is 0 Å². The molecular formula is C17H14O2. The largest absolute Gasteiger partial charge is 0.291 e. The Labute approximate surface area is 112 Å². The number of benzene rings is 2. The molecule has 0 saturated heterocycles. The van der Waals surface area contributed by atoms with Gasteiger partial charge < -0.3 is 0 Å². The van der Waals surface area contributed by atoms with E-state index in [1.165, 1.54) is 0 Å². The van der Waals surface area contributed by atoms with Crippen LogP contribution >= 0.6 is 0 Å². The highest BCUT2D eigenvalue weighted by atomic mass is 16.2. The van der Waals surface area contributed by atoms with Crippen LogP contribution in [0.25, 0.3) is 0 Å². The Morgan fingerprint density at radius 2 is 1.00 bits per heavy atom. The molecule has 2 nitrogen and oxygen atoms in total. The van der Waals surface area contributed by atoms with Crippen molar-refractivity contribution in [1.82, 2.24) is 0 Å². The van der Waals surface area contributed by atoms with Crippen LogP contribution in [0.5, 0.6) is 0 Å². The molecule has 0 spiro atoms.